The SMILES string of the molecule is COc1ccc(CNC(=O)N[C@@H]2C[C@H]3CC[C@]2(C)C3(C)C)cc1OC. The number of hydrogen-bond acceptors (Lipinski definition) is 3. The van der Waals surface area contributed by atoms with Crippen LogP contribution in [0.4, 0.5) is 4.79 Å². The van der Waals surface area contributed by atoms with Crippen molar-refractivity contribution in [1.82, 2.24) is 10.6 Å². The Kier molecular flexibility index (Phi) is 4.60. The molecule has 5 heteroatoms. The Morgan fingerprint density at radius 1 is 1.20 bits per heavy atom. The highest BCUT2D eigenvalue weighted by Crippen LogP contribution is 2.65. The average molecular weight is 346 g/mol. The molecule has 138 valence electrons. The van der Waals surface area contributed by atoms with E-state index in [0.29, 0.717) is 29.4 Å². The lowest BCUT2D eigenvalue weighted by Gasteiger charge is -2.39. The zero-order valence-electron chi connectivity index (χ0n) is 15.9. The number of methoxy groups -OCH3 is 2. The van der Waals surface area contributed by atoms with Crippen molar-refractivity contribution in [3.05, 3.63) is 23.8 Å². The zero-order valence-corrected chi connectivity index (χ0v) is 15.9. The predicted molar refractivity (Wildman–Crippen MR) is 97.9 cm³/mol. The molecule has 0 heterocycles. The van der Waals surface area contributed by atoms with Gasteiger partial charge >= 0.3 is 6.03 Å². The fourth-order valence-corrected chi connectivity index (χ4v) is 4.80. The van der Waals surface area contributed by atoms with E-state index in [1.807, 2.05) is 18.2 Å². The summed E-state index contributed by atoms with van der Waals surface area (Å²) < 4.78 is 10.5. The summed E-state index contributed by atoms with van der Waals surface area (Å²) in [6, 6.07) is 5.84. The number of carbonyl (C=O) groups excluding carboxylic acids is 1. The van der Waals surface area contributed by atoms with E-state index in [0.717, 1.165) is 12.0 Å². The highest BCUT2D eigenvalue weighted by molar-refractivity contribution is 5.74. The third-order valence-corrected chi connectivity index (χ3v) is 7.00. The number of amides is 2. The highest BCUT2D eigenvalue weighted by Gasteiger charge is 2.61. The van der Waals surface area contributed by atoms with Crippen LogP contribution in [-0.4, -0.2) is 26.3 Å². The van der Waals surface area contributed by atoms with Gasteiger partial charge in [0, 0.05) is 12.6 Å². The first-order chi connectivity index (χ1) is 11.8. The fourth-order valence-electron chi connectivity index (χ4n) is 4.80. The van der Waals surface area contributed by atoms with Gasteiger partial charge in [0.25, 0.3) is 0 Å². The molecular formula is C20H30N2O3. The van der Waals surface area contributed by atoms with Gasteiger partial charge in [0.15, 0.2) is 11.5 Å². The van der Waals surface area contributed by atoms with Crippen LogP contribution in [0.2, 0.25) is 0 Å². The van der Waals surface area contributed by atoms with Crippen LogP contribution < -0.4 is 20.1 Å². The van der Waals surface area contributed by atoms with Crippen molar-refractivity contribution in [3.63, 3.8) is 0 Å². The van der Waals surface area contributed by atoms with Crippen LogP contribution in [0.3, 0.4) is 0 Å². The monoisotopic (exact) mass is 346 g/mol. The molecule has 2 fully saturated rings. The Morgan fingerprint density at radius 3 is 2.48 bits per heavy atom. The zero-order chi connectivity index (χ0) is 18.2. The summed E-state index contributed by atoms with van der Waals surface area (Å²) in [6.45, 7) is 7.50. The van der Waals surface area contributed by atoms with Crippen LogP contribution in [0.5, 0.6) is 11.5 Å². The van der Waals surface area contributed by atoms with E-state index >= 15 is 0 Å². The summed E-state index contributed by atoms with van der Waals surface area (Å²) in [7, 11) is 3.22. The molecule has 25 heavy (non-hydrogen) atoms. The molecule has 0 aliphatic heterocycles. The number of urea groups is 1. The van der Waals surface area contributed by atoms with Gasteiger partial charge in [-0.25, -0.2) is 4.79 Å². The fraction of sp³-hybridized carbons (Fsp3) is 0.650. The van der Waals surface area contributed by atoms with Gasteiger partial charge in [-0.15, -0.1) is 0 Å². The van der Waals surface area contributed by atoms with Gasteiger partial charge in [-0.1, -0.05) is 26.8 Å². The quantitative estimate of drug-likeness (QED) is 0.854. The van der Waals surface area contributed by atoms with Crippen molar-refractivity contribution >= 4 is 6.03 Å². The molecule has 2 saturated carbocycles. The summed E-state index contributed by atoms with van der Waals surface area (Å²) in [5, 5.41) is 6.19. The number of carbonyl (C=O) groups is 1. The molecule has 0 spiro atoms. The molecule has 0 unspecified atom stereocenters. The Labute approximate surface area is 150 Å². The molecule has 0 radical (unpaired) electrons. The predicted octanol–water partition coefficient (Wildman–Crippen LogP) is 3.72. The molecular weight excluding hydrogens is 316 g/mol. The van der Waals surface area contributed by atoms with Gasteiger partial charge in [0.1, 0.15) is 0 Å². The molecule has 3 atom stereocenters. The van der Waals surface area contributed by atoms with Crippen LogP contribution in [0.15, 0.2) is 18.2 Å². The summed E-state index contributed by atoms with van der Waals surface area (Å²) in [5.41, 5.74) is 1.47. The number of hydrogen-bond donors (Lipinski definition) is 2. The van der Waals surface area contributed by atoms with Crippen LogP contribution in [0.1, 0.15) is 45.6 Å². The second-order valence-corrected chi connectivity index (χ2v) is 8.18. The van der Waals surface area contributed by atoms with Crippen molar-refractivity contribution in [2.75, 3.05) is 14.2 Å². The summed E-state index contributed by atoms with van der Waals surface area (Å²) >= 11 is 0. The Bertz CT molecular complexity index is 658. The maximum atomic E-state index is 12.4. The number of fused-ring (bicyclic) bond motifs is 2. The van der Waals surface area contributed by atoms with Gasteiger partial charge in [-0.05, 0) is 53.7 Å². The third-order valence-electron chi connectivity index (χ3n) is 7.00. The molecule has 1 aromatic carbocycles. The average Bonchev–Trinajstić information content (AvgIpc) is 2.93. The Morgan fingerprint density at radius 2 is 1.92 bits per heavy atom. The molecule has 0 saturated heterocycles. The number of benzene rings is 1. The van der Waals surface area contributed by atoms with Gasteiger partial charge in [0.2, 0.25) is 0 Å². The lowest BCUT2D eigenvalue weighted by Crippen LogP contribution is -2.49. The van der Waals surface area contributed by atoms with Crippen molar-refractivity contribution in [2.24, 2.45) is 16.7 Å². The first-order valence-electron chi connectivity index (χ1n) is 9.07. The van der Waals surface area contributed by atoms with Crippen molar-refractivity contribution in [2.45, 2.75) is 52.6 Å². The van der Waals surface area contributed by atoms with E-state index < -0.39 is 0 Å². The molecule has 2 bridgehead atoms. The molecule has 5 nitrogen and oxygen atoms in total. The maximum Gasteiger partial charge on any atom is 0.315 e. The van der Waals surface area contributed by atoms with Gasteiger partial charge in [-0.2, -0.15) is 0 Å². The second-order valence-electron chi connectivity index (χ2n) is 8.18. The van der Waals surface area contributed by atoms with Crippen molar-refractivity contribution < 1.29 is 14.3 Å². The topological polar surface area (TPSA) is 59.6 Å². The first kappa shape index (κ1) is 17.9. The van der Waals surface area contributed by atoms with Gasteiger partial charge in [-0.3, -0.25) is 0 Å². The number of nitrogens with one attached hydrogen (secondary N) is 2. The largest absolute Gasteiger partial charge is 0.493 e. The lowest BCUT2D eigenvalue weighted by molar-refractivity contribution is 0.123. The smallest absolute Gasteiger partial charge is 0.315 e. The first-order valence-corrected chi connectivity index (χ1v) is 9.07. The normalized spacial score (nSPS) is 29.3. The minimum atomic E-state index is -0.0932. The summed E-state index contributed by atoms with van der Waals surface area (Å²) in [5.74, 6) is 2.08. The Balaban J connectivity index is 1.58. The molecule has 3 rings (SSSR count). The van der Waals surface area contributed by atoms with Crippen LogP contribution in [-0.2, 0) is 6.54 Å². The summed E-state index contributed by atoms with van der Waals surface area (Å²) in [6.07, 6.45) is 3.58. The summed E-state index contributed by atoms with van der Waals surface area (Å²) in [4.78, 5) is 12.4. The molecule has 0 aromatic heterocycles. The minimum absolute atomic E-state index is 0.0932. The highest BCUT2D eigenvalue weighted by atomic mass is 16.5. The molecule has 2 aliphatic carbocycles. The van der Waals surface area contributed by atoms with E-state index in [9.17, 15) is 4.79 Å². The molecule has 1 aromatic rings. The van der Waals surface area contributed by atoms with E-state index in [1.54, 1.807) is 14.2 Å². The Hall–Kier alpha value is -1.91. The number of ether oxygens (including phenoxy) is 2. The van der Waals surface area contributed by atoms with E-state index in [1.165, 1.54) is 12.8 Å². The van der Waals surface area contributed by atoms with Crippen LogP contribution >= 0.6 is 0 Å². The third kappa shape index (κ3) is 2.94. The van der Waals surface area contributed by atoms with E-state index in [-0.39, 0.29) is 17.5 Å². The van der Waals surface area contributed by atoms with Crippen LogP contribution in [0.25, 0.3) is 0 Å². The van der Waals surface area contributed by atoms with Gasteiger partial charge in [0.05, 0.1) is 14.2 Å². The van der Waals surface area contributed by atoms with Crippen molar-refractivity contribution in [1.29, 1.82) is 0 Å². The standard InChI is InChI=1S/C20H30N2O3/c1-19(2)14-8-9-20(19,3)17(11-14)22-18(23)21-12-13-6-7-15(24-4)16(10-13)25-5/h6-7,10,14,17H,8-9,11-12H2,1-5H3,(H2,21,22,23)/t14-,17-,20+/m1/s1. The lowest BCUT2D eigenvalue weighted by atomic mass is 9.69. The van der Waals surface area contributed by atoms with Gasteiger partial charge < -0.3 is 20.1 Å². The van der Waals surface area contributed by atoms with Crippen molar-refractivity contribution in [3.8, 4) is 11.5 Å². The maximum absolute atomic E-state index is 12.4. The van der Waals surface area contributed by atoms with Crippen LogP contribution in [0, 0.1) is 16.7 Å². The molecule has 2 N–H and O–H groups in total. The molecule has 2 amide bonds. The second kappa shape index (κ2) is 6.43. The van der Waals surface area contributed by atoms with E-state index in [4.69, 9.17) is 9.47 Å². The number of rotatable bonds is 5. The van der Waals surface area contributed by atoms with E-state index in [2.05, 4.69) is 31.4 Å². The minimum Gasteiger partial charge on any atom is -0.493 e. The molecule has 2 aliphatic rings.